The van der Waals surface area contributed by atoms with Gasteiger partial charge in [0.25, 0.3) is 0 Å². The average molecular weight is 419 g/mol. The molecule has 0 spiro atoms. The highest BCUT2D eigenvalue weighted by molar-refractivity contribution is 6.02. The normalized spacial score (nSPS) is 11.3. The fourth-order valence-corrected chi connectivity index (χ4v) is 3.53. The summed E-state index contributed by atoms with van der Waals surface area (Å²) >= 11 is 0. The summed E-state index contributed by atoms with van der Waals surface area (Å²) in [5.74, 6) is 1.92. The number of amides is 1. The number of aryl methyl sites for hydroxylation is 1. The predicted molar refractivity (Wildman–Crippen MR) is 128 cm³/mol. The third-order valence-electron chi connectivity index (χ3n) is 5.24. The number of aromatic amines is 1. The minimum absolute atomic E-state index is 0.229. The Balaban J connectivity index is 1.32. The summed E-state index contributed by atoms with van der Waals surface area (Å²) in [7, 11) is 0. The standard InChI is InChI=1S/C27H21N3O2/c1-18-11-12-20(27-29-22-9-5-6-10-23(22)30-27)17-24(18)28-26(31)16-14-21-13-15-25(32-21)19-7-3-2-4-8-19/h2-17H,1H3,(H,28,31)(H,29,30)/b16-14+. The number of aromatic nitrogens is 2. The van der Waals surface area contributed by atoms with Crippen molar-refractivity contribution in [3.8, 4) is 22.7 Å². The van der Waals surface area contributed by atoms with E-state index in [-0.39, 0.29) is 5.91 Å². The summed E-state index contributed by atoms with van der Waals surface area (Å²) in [6.07, 6.45) is 3.14. The Hall–Kier alpha value is -4.38. The lowest BCUT2D eigenvalue weighted by molar-refractivity contribution is -0.111. The minimum Gasteiger partial charge on any atom is -0.457 e. The Morgan fingerprint density at radius 2 is 1.75 bits per heavy atom. The van der Waals surface area contributed by atoms with Crippen molar-refractivity contribution in [2.45, 2.75) is 6.92 Å². The van der Waals surface area contributed by atoms with Crippen molar-refractivity contribution in [3.63, 3.8) is 0 Å². The number of hydrogen-bond acceptors (Lipinski definition) is 3. The number of fused-ring (bicyclic) bond motifs is 1. The van der Waals surface area contributed by atoms with Gasteiger partial charge in [0.1, 0.15) is 17.3 Å². The van der Waals surface area contributed by atoms with Crippen LogP contribution in [-0.2, 0) is 4.79 Å². The lowest BCUT2D eigenvalue weighted by Gasteiger charge is -2.08. The van der Waals surface area contributed by atoms with Gasteiger partial charge in [-0.1, -0.05) is 54.6 Å². The molecule has 0 unspecified atom stereocenters. The topological polar surface area (TPSA) is 70.9 Å². The first-order valence-corrected chi connectivity index (χ1v) is 10.4. The van der Waals surface area contributed by atoms with Crippen molar-refractivity contribution in [3.05, 3.63) is 102 Å². The van der Waals surface area contributed by atoms with Gasteiger partial charge in [-0.15, -0.1) is 0 Å². The monoisotopic (exact) mass is 419 g/mol. The second-order valence-electron chi connectivity index (χ2n) is 7.52. The molecule has 5 heteroatoms. The molecule has 0 saturated carbocycles. The van der Waals surface area contributed by atoms with E-state index in [1.807, 2.05) is 91.9 Å². The number of nitrogens with one attached hydrogen (secondary N) is 2. The molecule has 156 valence electrons. The van der Waals surface area contributed by atoms with Crippen LogP contribution in [0.25, 0.3) is 39.8 Å². The van der Waals surface area contributed by atoms with Crippen molar-refractivity contribution in [1.29, 1.82) is 0 Å². The molecule has 2 aromatic heterocycles. The van der Waals surface area contributed by atoms with Gasteiger partial charge in [-0.25, -0.2) is 4.98 Å². The van der Waals surface area contributed by atoms with Crippen LogP contribution in [0.1, 0.15) is 11.3 Å². The third kappa shape index (κ3) is 4.09. The van der Waals surface area contributed by atoms with E-state index in [1.54, 1.807) is 6.08 Å². The number of imidazole rings is 1. The fourth-order valence-electron chi connectivity index (χ4n) is 3.53. The Labute approximate surface area is 185 Å². The van der Waals surface area contributed by atoms with Gasteiger partial charge >= 0.3 is 0 Å². The first-order chi connectivity index (χ1) is 15.7. The molecule has 2 heterocycles. The molecule has 2 N–H and O–H groups in total. The SMILES string of the molecule is Cc1ccc(-c2nc3ccccc3[nH]2)cc1NC(=O)/C=C/c1ccc(-c2ccccc2)o1. The summed E-state index contributed by atoms with van der Waals surface area (Å²) in [6.45, 7) is 1.96. The Morgan fingerprint density at radius 3 is 2.59 bits per heavy atom. The zero-order valence-corrected chi connectivity index (χ0v) is 17.5. The van der Waals surface area contributed by atoms with Crippen LogP contribution < -0.4 is 5.32 Å². The number of nitrogens with zero attached hydrogens (tertiary/aromatic N) is 1. The first kappa shape index (κ1) is 19.6. The van der Waals surface area contributed by atoms with Crippen LogP contribution in [0.3, 0.4) is 0 Å². The lowest BCUT2D eigenvalue weighted by atomic mass is 10.1. The van der Waals surface area contributed by atoms with E-state index in [1.165, 1.54) is 6.08 Å². The molecule has 0 bridgehead atoms. The number of furan rings is 1. The van der Waals surface area contributed by atoms with E-state index in [0.717, 1.165) is 45.0 Å². The van der Waals surface area contributed by atoms with Gasteiger partial charge in [0.2, 0.25) is 5.91 Å². The summed E-state index contributed by atoms with van der Waals surface area (Å²) in [5.41, 5.74) is 5.49. The van der Waals surface area contributed by atoms with E-state index in [0.29, 0.717) is 5.76 Å². The molecule has 0 radical (unpaired) electrons. The van der Waals surface area contributed by atoms with Crippen LogP contribution in [0.4, 0.5) is 5.69 Å². The van der Waals surface area contributed by atoms with E-state index in [2.05, 4.69) is 15.3 Å². The molecule has 0 atom stereocenters. The number of carbonyl (C=O) groups is 1. The summed E-state index contributed by atoms with van der Waals surface area (Å²) < 4.78 is 5.82. The van der Waals surface area contributed by atoms with Crippen molar-refractivity contribution >= 4 is 28.7 Å². The molecule has 0 aliphatic rings. The van der Waals surface area contributed by atoms with Crippen molar-refractivity contribution in [1.82, 2.24) is 9.97 Å². The number of benzene rings is 3. The molecule has 0 saturated heterocycles. The summed E-state index contributed by atoms with van der Waals surface area (Å²) in [4.78, 5) is 20.5. The number of para-hydroxylation sites is 2. The molecular weight excluding hydrogens is 398 g/mol. The predicted octanol–water partition coefficient (Wildman–Crippen LogP) is 6.45. The van der Waals surface area contributed by atoms with Gasteiger partial charge in [-0.3, -0.25) is 4.79 Å². The molecular formula is C27H21N3O2. The Morgan fingerprint density at radius 1 is 0.938 bits per heavy atom. The number of H-pyrrole nitrogens is 1. The van der Waals surface area contributed by atoms with Crippen molar-refractivity contribution < 1.29 is 9.21 Å². The number of rotatable bonds is 5. The van der Waals surface area contributed by atoms with Gasteiger partial charge in [-0.05, 0) is 48.9 Å². The molecule has 32 heavy (non-hydrogen) atoms. The van der Waals surface area contributed by atoms with Crippen LogP contribution in [0.15, 0.2) is 95.4 Å². The second-order valence-corrected chi connectivity index (χ2v) is 7.52. The van der Waals surface area contributed by atoms with Gasteiger partial charge < -0.3 is 14.7 Å². The van der Waals surface area contributed by atoms with Crippen LogP contribution in [0.5, 0.6) is 0 Å². The summed E-state index contributed by atoms with van der Waals surface area (Å²) in [5, 5.41) is 2.95. The minimum atomic E-state index is -0.229. The van der Waals surface area contributed by atoms with Crippen LogP contribution >= 0.6 is 0 Å². The number of anilines is 1. The zero-order chi connectivity index (χ0) is 21.9. The van der Waals surface area contributed by atoms with E-state index in [9.17, 15) is 4.79 Å². The molecule has 1 amide bonds. The second kappa shape index (κ2) is 8.40. The number of carbonyl (C=O) groups excluding carboxylic acids is 1. The molecule has 5 aromatic rings. The quantitative estimate of drug-likeness (QED) is 0.322. The van der Waals surface area contributed by atoms with E-state index in [4.69, 9.17) is 4.42 Å². The highest BCUT2D eigenvalue weighted by Gasteiger charge is 2.09. The molecule has 5 rings (SSSR count). The van der Waals surface area contributed by atoms with Crippen molar-refractivity contribution in [2.75, 3.05) is 5.32 Å². The highest BCUT2D eigenvalue weighted by atomic mass is 16.3. The molecule has 0 fully saturated rings. The third-order valence-corrected chi connectivity index (χ3v) is 5.24. The van der Waals surface area contributed by atoms with E-state index < -0.39 is 0 Å². The summed E-state index contributed by atoms with van der Waals surface area (Å²) in [6, 6.07) is 27.4. The maximum atomic E-state index is 12.5. The fraction of sp³-hybridized carbons (Fsp3) is 0.0370. The van der Waals surface area contributed by atoms with Crippen LogP contribution in [-0.4, -0.2) is 15.9 Å². The Kier molecular flexibility index (Phi) is 5.14. The lowest BCUT2D eigenvalue weighted by Crippen LogP contribution is -2.09. The molecule has 5 nitrogen and oxygen atoms in total. The van der Waals surface area contributed by atoms with Gasteiger partial charge in [0.15, 0.2) is 0 Å². The van der Waals surface area contributed by atoms with Crippen LogP contribution in [0.2, 0.25) is 0 Å². The van der Waals surface area contributed by atoms with Gasteiger partial charge in [0.05, 0.1) is 11.0 Å². The molecule has 0 aliphatic carbocycles. The largest absolute Gasteiger partial charge is 0.457 e. The van der Waals surface area contributed by atoms with Gasteiger partial charge in [0, 0.05) is 22.9 Å². The molecule has 0 aliphatic heterocycles. The van der Waals surface area contributed by atoms with Gasteiger partial charge in [-0.2, -0.15) is 0 Å². The first-order valence-electron chi connectivity index (χ1n) is 10.4. The van der Waals surface area contributed by atoms with Crippen molar-refractivity contribution in [2.24, 2.45) is 0 Å². The molecule has 3 aromatic carbocycles. The smallest absolute Gasteiger partial charge is 0.248 e. The zero-order valence-electron chi connectivity index (χ0n) is 17.5. The average Bonchev–Trinajstić information content (AvgIpc) is 3.47. The maximum absolute atomic E-state index is 12.5. The Bertz CT molecular complexity index is 1390. The van der Waals surface area contributed by atoms with Crippen LogP contribution in [0, 0.1) is 6.92 Å². The maximum Gasteiger partial charge on any atom is 0.248 e. The number of hydrogen-bond donors (Lipinski definition) is 2. The highest BCUT2D eigenvalue weighted by Crippen LogP contribution is 2.26. The van der Waals surface area contributed by atoms with E-state index >= 15 is 0 Å².